The largest absolute Gasteiger partial charge is 0.457 e. The maximum Gasteiger partial charge on any atom is 0.179 e. The molecule has 0 unspecified atom stereocenters. The fraction of sp³-hybridized carbons (Fsp3) is 0.0190. The smallest absolute Gasteiger partial charge is 0.179 e. The average molecular weight is 1430 g/mol. The average Bonchev–Trinajstić information content (AvgIpc) is 1.51. The highest BCUT2D eigenvalue weighted by Crippen LogP contribution is 2.64. The Balaban J connectivity index is 0.000000145. The predicted molar refractivity (Wildman–Crippen MR) is 451 cm³/mol. The molecule has 3 aromatic heterocycles. The molecule has 15 aromatic carbocycles. The van der Waals surface area contributed by atoms with Crippen molar-refractivity contribution >= 4 is 0 Å². The lowest BCUT2D eigenvalue weighted by atomic mass is 9.66. The van der Waals surface area contributed by atoms with Gasteiger partial charge in [0, 0.05) is 55.6 Å². The van der Waals surface area contributed by atoms with Crippen molar-refractivity contribution in [3.05, 3.63) is 451 Å². The van der Waals surface area contributed by atoms with Gasteiger partial charge in [0.25, 0.3) is 0 Å². The van der Waals surface area contributed by atoms with Crippen LogP contribution in [0.1, 0.15) is 44.5 Å². The van der Waals surface area contributed by atoms with E-state index in [0.29, 0.717) is 17.3 Å². The lowest BCUT2D eigenvalue weighted by Crippen LogP contribution is -2.32. The van der Waals surface area contributed by atoms with E-state index >= 15 is 0 Å². The summed E-state index contributed by atoms with van der Waals surface area (Å²) >= 11 is 0. The van der Waals surface area contributed by atoms with Crippen LogP contribution < -0.4 is 9.47 Å². The van der Waals surface area contributed by atoms with Gasteiger partial charge < -0.3 is 9.47 Å². The molecule has 524 valence electrons. The molecule has 0 saturated carbocycles. The zero-order valence-electron chi connectivity index (χ0n) is 60.7. The first-order chi connectivity index (χ1) is 55.5. The van der Waals surface area contributed by atoms with Crippen LogP contribution in [0.3, 0.4) is 0 Å². The third kappa shape index (κ3) is 10.9. The van der Waals surface area contributed by atoms with Gasteiger partial charge in [-0.05, 0) is 139 Å². The van der Waals surface area contributed by atoms with Crippen molar-refractivity contribution in [1.82, 2.24) is 24.9 Å². The molecule has 0 radical (unpaired) electrons. The number of hydrogen-bond donors (Lipinski definition) is 0. The molecule has 2 aliphatic heterocycles. The quantitative estimate of drug-likeness (QED) is 0.135. The number of rotatable bonds is 10. The molecule has 0 amide bonds. The van der Waals surface area contributed by atoms with E-state index in [0.717, 1.165) is 135 Å². The Kier molecular flexibility index (Phi) is 15.9. The van der Waals surface area contributed by atoms with Crippen molar-refractivity contribution in [2.45, 2.75) is 10.8 Å². The highest BCUT2D eigenvalue weighted by Gasteiger charge is 2.52. The maximum atomic E-state index is 6.84. The first kappa shape index (κ1) is 65.5. The van der Waals surface area contributed by atoms with Crippen molar-refractivity contribution in [2.24, 2.45) is 0 Å². The molecule has 7 heteroatoms. The van der Waals surface area contributed by atoms with Gasteiger partial charge in [-0.1, -0.05) is 346 Å². The Bertz CT molecular complexity index is 6570. The Morgan fingerprint density at radius 3 is 0.946 bits per heavy atom. The first-order valence-electron chi connectivity index (χ1n) is 38.0. The van der Waals surface area contributed by atoms with E-state index in [-0.39, 0.29) is 0 Å². The molecule has 5 heterocycles. The van der Waals surface area contributed by atoms with Crippen molar-refractivity contribution in [3.63, 3.8) is 0 Å². The van der Waals surface area contributed by atoms with E-state index in [4.69, 9.17) is 34.4 Å². The van der Waals surface area contributed by atoms with E-state index in [1.54, 1.807) is 0 Å². The normalized spacial score (nSPS) is 12.9. The Morgan fingerprint density at radius 1 is 0.152 bits per heavy atom. The Hall–Kier alpha value is -14.8. The highest BCUT2D eigenvalue weighted by molar-refractivity contribution is 5.92. The van der Waals surface area contributed by atoms with Crippen LogP contribution >= 0.6 is 0 Å². The second kappa shape index (κ2) is 27.2. The second-order valence-electron chi connectivity index (χ2n) is 28.8. The zero-order chi connectivity index (χ0) is 74.1. The summed E-state index contributed by atoms with van der Waals surface area (Å²) in [6.45, 7) is 0. The SMILES string of the molecule is c1ccc(-c2cc(-c3ccccc3)nc(-c3cccc(-c4ccc5c(c4)Oc4ccccc4C54c5ccccc5-c5ccccc54)n3)n2)cc1.c1ccc(-c2cc(-c3ccccc3-c3ccccc3)nc(-c3cccc(-c4cccc(-c5ccc6c(c5)Oc5ccccc5C65c6ccccc6-c6ccccc65)c4)c3)n2)cc1. The predicted octanol–water partition coefficient (Wildman–Crippen LogP) is 26.0. The fourth-order valence-electron chi connectivity index (χ4n) is 17.6. The minimum Gasteiger partial charge on any atom is -0.457 e. The van der Waals surface area contributed by atoms with Crippen LogP contribution in [0.5, 0.6) is 23.0 Å². The molecule has 7 nitrogen and oxygen atoms in total. The summed E-state index contributed by atoms with van der Waals surface area (Å²) in [4.78, 5) is 25.7. The molecule has 112 heavy (non-hydrogen) atoms. The summed E-state index contributed by atoms with van der Waals surface area (Å²) in [5.41, 5.74) is 31.6. The van der Waals surface area contributed by atoms with Gasteiger partial charge in [0.05, 0.1) is 39.3 Å². The molecule has 0 bridgehead atoms. The number of para-hydroxylation sites is 2. The molecule has 2 spiro atoms. The van der Waals surface area contributed by atoms with E-state index in [1.807, 2.05) is 72.8 Å². The Morgan fingerprint density at radius 2 is 0.464 bits per heavy atom. The number of nitrogens with zero attached hydrogens (tertiary/aromatic N) is 5. The zero-order valence-corrected chi connectivity index (χ0v) is 60.7. The van der Waals surface area contributed by atoms with Gasteiger partial charge in [0.1, 0.15) is 28.7 Å². The van der Waals surface area contributed by atoms with E-state index in [2.05, 4.69) is 334 Å². The van der Waals surface area contributed by atoms with Crippen molar-refractivity contribution in [1.29, 1.82) is 0 Å². The molecular weight excluding hydrogens is 1360 g/mol. The maximum absolute atomic E-state index is 6.84. The van der Waals surface area contributed by atoms with Crippen LogP contribution in [-0.4, -0.2) is 24.9 Å². The summed E-state index contributed by atoms with van der Waals surface area (Å²) < 4.78 is 13.6. The van der Waals surface area contributed by atoms with Crippen molar-refractivity contribution in [3.8, 4) is 158 Å². The number of aromatic nitrogens is 5. The van der Waals surface area contributed by atoms with Gasteiger partial charge in [0.2, 0.25) is 0 Å². The summed E-state index contributed by atoms with van der Waals surface area (Å²) in [5.74, 6) is 4.71. The molecule has 0 N–H and O–H groups in total. The minimum atomic E-state index is -0.495. The molecular formula is C105H67N5O2. The molecule has 4 aliphatic rings. The molecule has 0 saturated heterocycles. The van der Waals surface area contributed by atoms with Crippen LogP contribution in [0.25, 0.3) is 135 Å². The van der Waals surface area contributed by atoms with E-state index in [9.17, 15) is 0 Å². The lowest BCUT2D eigenvalue weighted by Gasteiger charge is -2.39. The molecule has 0 atom stereocenters. The van der Waals surface area contributed by atoms with Crippen LogP contribution in [0.4, 0.5) is 0 Å². The van der Waals surface area contributed by atoms with Crippen LogP contribution in [0.15, 0.2) is 406 Å². The molecule has 2 aliphatic carbocycles. The summed E-state index contributed by atoms with van der Waals surface area (Å²) in [5, 5.41) is 0. The molecule has 18 aromatic rings. The van der Waals surface area contributed by atoms with Gasteiger partial charge in [-0.25, -0.2) is 24.9 Å². The van der Waals surface area contributed by atoms with Crippen molar-refractivity contribution in [2.75, 3.05) is 0 Å². The van der Waals surface area contributed by atoms with Gasteiger partial charge >= 0.3 is 0 Å². The third-order valence-corrected chi connectivity index (χ3v) is 22.6. The van der Waals surface area contributed by atoms with Gasteiger partial charge in [-0.3, -0.25) is 0 Å². The summed E-state index contributed by atoms with van der Waals surface area (Å²) in [6, 6.07) is 143. The lowest BCUT2D eigenvalue weighted by molar-refractivity contribution is 0.436. The monoisotopic (exact) mass is 1430 g/mol. The third-order valence-electron chi connectivity index (χ3n) is 22.6. The van der Waals surface area contributed by atoms with Crippen LogP contribution in [0.2, 0.25) is 0 Å². The second-order valence-corrected chi connectivity index (χ2v) is 28.8. The topological polar surface area (TPSA) is 82.9 Å². The van der Waals surface area contributed by atoms with Gasteiger partial charge in [0.15, 0.2) is 11.6 Å². The van der Waals surface area contributed by atoms with Gasteiger partial charge in [-0.2, -0.15) is 0 Å². The molecule has 22 rings (SSSR count). The van der Waals surface area contributed by atoms with Crippen LogP contribution in [-0.2, 0) is 10.8 Å². The standard InChI is InChI=1S/C59H38N2O.C46H29N3O/c1-3-17-39(18-4-1)46-25-7-8-28-49(46)55-38-54(40-19-5-2-6-20-40)60-58(61-55)45-24-16-23-43(36-45)41-21-15-22-42(35-41)44-33-34-53-57(37-44)62-56-32-14-13-31-52(56)59(53)50-29-11-9-26-47(50)48-27-10-12-30-51(48)59;1-3-14-30(15-4-1)41-29-42(31-16-5-2-6-17-31)49-45(48-41)40-24-13-23-39(47-40)32-26-27-38-44(28-32)50-43-25-12-11-22-37(43)46(38)35-20-9-7-18-33(35)34-19-8-10-21-36(34)46/h1-38H;1-29H. The van der Waals surface area contributed by atoms with E-state index < -0.39 is 10.8 Å². The summed E-state index contributed by atoms with van der Waals surface area (Å²) in [6.07, 6.45) is 0. The molecule has 0 fully saturated rings. The fourth-order valence-corrected chi connectivity index (χ4v) is 17.6. The first-order valence-corrected chi connectivity index (χ1v) is 38.0. The number of pyridine rings is 1. The number of ether oxygens (including phenoxy) is 2. The highest BCUT2D eigenvalue weighted by atomic mass is 16.5. The van der Waals surface area contributed by atoms with Crippen LogP contribution in [0, 0.1) is 0 Å². The Labute approximate surface area is 649 Å². The number of hydrogen-bond acceptors (Lipinski definition) is 7. The number of benzene rings is 15. The van der Waals surface area contributed by atoms with Gasteiger partial charge in [-0.15, -0.1) is 0 Å². The minimum absolute atomic E-state index is 0.485. The van der Waals surface area contributed by atoms with Crippen molar-refractivity contribution < 1.29 is 9.47 Å². The summed E-state index contributed by atoms with van der Waals surface area (Å²) in [7, 11) is 0. The number of fused-ring (bicyclic) bond motifs is 18. The van der Waals surface area contributed by atoms with E-state index in [1.165, 1.54) is 50.1 Å².